The van der Waals surface area contributed by atoms with Crippen LogP contribution in [0.3, 0.4) is 0 Å². The van der Waals surface area contributed by atoms with Gasteiger partial charge in [-0.3, -0.25) is 4.79 Å². The first-order valence-corrected chi connectivity index (χ1v) is 10.5. The molecule has 1 amide bonds. The summed E-state index contributed by atoms with van der Waals surface area (Å²) in [5.74, 6) is -0.449. The van der Waals surface area contributed by atoms with Crippen LogP contribution in [0.15, 0.2) is 17.1 Å². The molecule has 3 aromatic heterocycles. The second-order valence-electron chi connectivity index (χ2n) is 6.62. The molecule has 1 N–H and O–H groups in total. The number of carbonyl (C=O) groups excluding carboxylic acids is 1. The Balaban J connectivity index is 1.94. The lowest BCUT2D eigenvalue weighted by Crippen LogP contribution is -2.31. The molecule has 14 nitrogen and oxygen atoms in total. The summed E-state index contributed by atoms with van der Waals surface area (Å²) in [6, 6.07) is 1.65. The molecule has 182 valence electrons. The van der Waals surface area contributed by atoms with Crippen LogP contribution in [-0.4, -0.2) is 62.2 Å². The van der Waals surface area contributed by atoms with Crippen molar-refractivity contribution in [3.63, 3.8) is 0 Å². The van der Waals surface area contributed by atoms with Gasteiger partial charge in [0.15, 0.2) is 5.82 Å². The standard InChI is InChI=1S/C16H17F3N10O4S/c1-8(33-15(31)32)29-14(27(2)25-26-29)21-13(30)9-4-5-11(16(17,18)19)20-10(9)6-34-7-12-22-24-28(3)23-12/h4-5,8H,6-7H2,1-3H3,(H,31,32). The zero-order valence-electron chi connectivity index (χ0n) is 17.8. The molecule has 3 rings (SSSR count). The van der Waals surface area contributed by atoms with Crippen LogP contribution >= 0.6 is 11.8 Å². The lowest BCUT2D eigenvalue weighted by atomic mass is 10.1. The van der Waals surface area contributed by atoms with E-state index in [1.54, 1.807) is 7.05 Å². The van der Waals surface area contributed by atoms with Crippen molar-refractivity contribution in [2.75, 3.05) is 0 Å². The summed E-state index contributed by atoms with van der Waals surface area (Å²) in [6.45, 7) is 1.33. The summed E-state index contributed by atoms with van der Waals surface area (Å²) in [5, 5.41) is 27.6. The van der Waals surface area contributed by atoms with Crippen LogP contribution in [0.4, 0.5) is 18.0 Å². The first kappa shape index (κ1) is 24.8. The van der Waals surface area contributed by atoms with Crippen LogP contribution in [0.2, 0.25) is 0 Å². The average Bonchev–Trinajstić information content (AvgIpc) is 3.32. The molecule has 18 heteroatoms. The Bertz CT molecular complexity index is 1270. The average molecular weight is 502 g/mol. The van der Waals surface area contributed by atoms with Gasteiger partial charge in [-0.2, -0.15) is 27.6 Å². The fraction of sp³-hybridized carbons (Fsp3) is 0.438. The van der Waals surface area contributed by atoms with Gasteiger partial charge < -0.3 is 9.84 Å². The van der Waals surface area contributed by atoms with E-state index in [0.717, 1.165) is 27.2 Å². The smallest absolute Gasteiger partial charge is 0.450 e. The fourth-order valence-corrected chi connectivity index (χ4v) is 3.43. The number of aromatic nitrogens is 9. The Morgan fingerprint density at radius 1 is 1.21 bits per heavy atom. The van der Waals surface area contributed by atoms with Crippen LogP contribution in [0.25, 0.3) is 0 Å². The highest BCUT2D eigenvalue weighted by Gasteiger charge is 2.33. The fourth-order valence-electron chi connectivity index (χ4n) is 2.62. The minimum Gasteiger partial charge on any atom is -0.450 e. The number of halogens is 3. The molecule has 0 aromatic carbocycles. The molecule has 0 saturated heterocycles. The lowest BCUT2D eigenvalue weighted by Gasteiger charge is -2.11. The minimum absolute atomic E-state index is 0.0824. The monoisotopic (exact) mass is 502 g/mol. The predicted octanol–water partition coefficient (Wildman–Crippen LogP) is 0.942. The number of carboxylic acid groups (broad SMARTS) is 1. The number of nitrogens with zero attached hydrogens (tertiary/aromatic N) is 10. The molecule has 0 bridgehead atoms. The summed E-state index contributed by atoms with van der Waals surface area (Å²) in [7, 11) is 2.95. The van der Waals surface area contributed by atoms with Gasteiger partial charge in [0, 0.05) is 12.8 Å². The van der Waals surface area contributed by atoms with E-state index >= 15 is 0 Å². The third kappa shape index (κ3) is 5.94. The quantitative estimate of drug-likeness (QED) is 0.456. The molecule has 3 aromatic rings. The SMILES string of the molecule is CC(OC(=O)O)n1nnn(C)c1=NC(=O)c1ccc(C(F)(F)F)nc1CSCc1nnn(C)n1. The topological polar surface area (TPSA) is 168 Å². The Morgan fingerprint density at radius 2 is 1.94 bits per heavy atom. The Morgan fingerprint density at radius 3 is 2.56 bits per heavy atom. The molecule has 1 atom stereocenters. The van der Waals surface area contributed by atoms with E-state index in [4.69, 9.17) is 5.11 Å². The number of pyridine rings is 1. The van der Waals surface area contributed by atoms with Gasteiger partial charge in [0.05, 0.1) is 24.1 Å². The highest BCUT2D eigenvalue weighted by Crippen LogP contribution is 2.29. The van der Waals surface area contributed by atoms with Gasteiger partial charge in [-0.1, -0.05) is 0 Å². The van der Waals surface area contributed by atoms with Crippen molar-refractivity contribution in [2.24, 2.45) is 19.1 Å². The molecular weight excluding hydrogens is 485 g/mol. The zero-order valence-corrected chi connectivity index (χ0v) is 18.6. The predicted molar refractivity (Wildman–Crippen MR) is 106 cm³/mol. The maximum atomic E-state index is 13.2. The van der Waals surface area contributed by atoms with Crippen LogP contribution in [-0.2, 0) is 36.5 Å². The van der Waals surface area contributed by atoms with Crippen molar-refractivity contribution in [2.45, 2.75) is 30.8 Å². The van der Waals surface area contributed by atoms with Crippen molar-refractivity contribution in [3.8, 4) is 0 Å². The Kier molecular flexibility index (Phi) is 7.28. The van der Waals surface area contributed by atoms with Gasteiger partial charge >= 0.3 is 12.3 Å². The van der Waals surface area contributed by atoms with Gasteiger partial charge in [-0.05, 0) is 34.7 Å². The van der Waals surface area contributed by atoms with Crippen LogP contribution in [0, 0.1) is 0 Å². The van der Waals surface area contributed by atoms with Gasteiger partial charge in [-0.15, -0.1) is 22.0 Å². The molecule has 0 radical (unpaired) electrons. The highest BCUT2D eigenvalue weighted by atomic mass is 32.2. The number of amides is 1. The van der Waals surface area contributed by atoms with E-state index in [0.29, 0.717) is 11.9 Å². The van der Waals surface area contributed by atoms with E-state index in [2.05, 4.69) is 40.6 Å². The van der Waals surface area contributed by atoms with Crippen molar-refractivity contribution < 1.29 is 32.6 Å². The normalized spacial score (nSPS) is 13.2. The van der Waals surface area contributed by atoms with Gasteiger partial charge in [0.25, 0.3) is 11.5 Å². The van der Waals surface area contributed by atoms with Crippen LogP contribution < -0.4 is 5.62 Å². The molecular formula is C16H17F3N10O4S. The number of aryl methyl sites for hydroxylation is 2. The second kappa shape index (κ2) is 9.98. The number of rotatable bonds is 7. The third-order valence-corrected chi connectivity index (χ3v) is 5.04. The van der Waals surface area contributed by atoms with E-state index < -0.39 is 30.2 Å². The highest BCUT2D eigenvalue weighted by molar-refractivity contribution is 7.97. The number of alkyl halides is 3. The van der Waals surface area contributed by atoms with E-state index in [1.165, 1.54) is 18.8 Å². The summed E-state index contributed by atoms with van der Waals surface area (Å²) in [5.41, 5.74) is -1.71. The molecule has 0 aliphatic heterocycles. The summed E-state index contributed by atoms with van der Waals surface area (Å²) >= 11 is 1.13. The van der Waals surface area contributed by atoms with E-state index in [1.807, 2.05) is 0 Å². The maximum Gasteiger partial charge on any atom is 0.507 e. The molecule has 0 aliphatic carbocycles. The number of ether oxygens (including phenoxy) is 1. The minimum atomic E-state index is -4.72. The van der Waals surface area contributed by atoms with Gasteiger partial charge in [0.2, 0.25) is 6.23 Å². The van der Waals surface area contributed by atoms with E-state index in [9.17, 15) is 22.8 Å². The maximum absolute atomic E-state index is 13.2. The molecule has 3 heterocycles. The first-order valence-electron chi connectivity index (χ1n) is 9.30. The van der Waals surface area contributed by atoms with Gasteiger partial charge in [0.1, 0.15) is 5.69 Å². The number of tetrazole rings is 2. The lowest BCUT2D eigenvalue weighted by molar-refractivity contribution is -0.141. The third-order valence-electron chi connectivity index (χ3n) is 4.10. The Labute approximate surface area is 192 Å². The number of hydrogen-bond donors (Lipinski definition) is 1. The molecule has 34 heavy (non-hydrogen) atoms. The number of thioether (sulfide) groups is 1. The Hall–Kier alpha value is -3.83. The summed E-state index contributed by atoms with van der Waals surface area (Å²) in [4.78, 5) is 32.4. The van der Waals surface area contributed by atoms with Gasteiger partial charge in [-0.25, -0.2) is 14.5 Å². The largest absolute Gasteiger partial charge is 0.507 e. The summed E-state index contributed by atoms with van der Waals surface area (Å²) < 4.78 is 46.2. The number of hydrogen-bond acceptors (Lipinski definition) is 10. The molecule has 0 fully saturated rings. The van der Waals surface area contributed by atoms with E-state index in [-0.39, 0.29) is 28.4 Å². The second-order valence-corrected chi connectivity index (χ2v) is 7.61. The molecule has 0 spiro atoms. The molecule has 1 unspecified atom stereocenters. The van der Waals surface area contributed by atoms with Crippen molar-refractivity contribution >= 4 is 23.8 Å². The molecule has 0 saturated carbocycles. The van der Waals surface area contributed by atoms with Crippen molar-refractivity contribution in [1.82, 2.24) is 45.0 Å². The van der Waals surface area contributed by atoms with Crippen molar-refractivity contribution in [3.05, 3.63) is 40.5 Å². The summed E-state index contributed by atoms with van der Waals surface area (Å²) in [6.07, 6.45) is -7.49. The molecule has 0 aliphatic rings. The van der Waals surface area contributed by atoms with Crippen LogP contribution in [0.1, 0.15) is 40.7 Å². The number of carbonyl (C=O) groups is 2. The van der Waals surface area contributed by atoms with Crippen LogP contribution in [0.5, 0.6) is 0 Å². The first-order chi connectivity index (χ1) is 16.0. The zero-order chi connectivity index (χ0) is 25.0. The van der Waals surface area contributed by atoms with Crippen molar-refractivity contribution in [1.29, 1.82) is 0 Å².